The van der Waals surface area contributed by atoms with Crippen LogP contribution in [0.5, 0.6) is 0 Å². The van der Waals surface area contributed by atoms with Gasteiger partial charge in [-0.05, 0) is 48.9 Å². The predicted molar refractivity (Wildman–Crippen MR) is 108 cm³/mol. The number of halogens is 1. The zero-order valence-corrected chi connectivity index (χ0v) is 16.1. The molecule has 2 aromatic rings. The van der Waals surface area contributed by atoms with Crippen LogP contribution in [0.4, 0.5) is 16.2 Å². The van der Waals surface area contributed by atoms with Crippen molar-refractivity contribution in [3.63, 3.8) is 0 Å². The predicted octanol–water partition coefficient (Wildman–Crippen LogP) is 3.67. The van der Waals surface area contributed by atoms with Crippen molar-refractivity contribution in [2.24, 2.45) is 0 Å². The molecule has 140 valence electrons. The number of allylic oxidation sites excluding steroid dienone is 1. The van der Waals surface area contributed by atoms with Gasteiger partial charge in [-0.25, -0.2) is 4.79 Å². The van der Waals surface area contributed by atoms with Crippen LogP contribution in [-0.2, 0) is 4.79 Å². The Bertz CT molecular complexity index is 889. The number of urea groups is 1. The number of nitrogens with one attached hydrogen (secondary N) is 3. The molecule has 1 aliphatic heterocycles. The molecule has 3 rings (SSSR count). The Morgan fingerprint density at radius 3 is 2.30 bits per heavy atom. The molecule has 1 unspecified atom stereocenters. The second kappa shape index (κ2) is 7.72. The van der Waals surface area contributed by atoms with E-state index in [1.165, 1.54) is 0 Å². The molecule has 1 heterocycles. The lowest BCUT2D eigenvalue weighted by Crippen LogP contribution is -2.45. The van der Waals surface area contributed by atoms with E-state index >= 15 is 0 Å². The Kier molecular flexibility index (Phi) is 5.37. The van der Waals surface area contributed by atoms with Gasteiger partial charge in [-0.2, -0.15) is 0 Å². The summed E-state index contributed by atoms with van der Waals surface area (Å²) >= 11 is 5.89. The van der Waals surface area contributed by atoms with Crippen molar-refractivity contribution in [1.82, 2.24) is 10.6 Å². The van der Waals surface area contributed by atoms with Gasteiger partial charge in [0.1, 0.15) is 0 Å². The summed E-state index contributed by atoms with van der Waals surface area (Å²) in [4.78, 5) is 26.9. The Balaban J connectivity index is 1.91. The second-order valence-electron chi connectivity index (χ2n) is 6.52. The highest BCUT2D eigenvalue weighted by Gasteiger charge is 2.31. The molecular formula is C20H21ClN4O2. The average Bonchev–Trinajstić information content (AvgIpc) is 2.63. The Hall–Kier alpha value is -2.99. The van der Waals surface area contributed by atoms with Crippen LogP contribution in [0.15, 0.2) is 59.8 Å². The lowest BCUT2D eigenvalue weighted by molar-refractivity contribution is -0.113. The summed E-state index contributed by atoms with van der Waals surface area (Å²) in [5, 5.41) is 8.96. The van der Waals surface area contributed by atoms with Gasteiger partial charge in [0.15, 0.2) is 0 Å². The smallest absolute Gasteiger partial charge is 0.319 e. The zero-order valence-electron chi connectivity index (χ0n) is 15.3. The number of anilines is 2. The molecule has 0 spiro atoms. The number of amides is 3. The van der Waals surface area contributed by atoms with Crippen LogP contribution >= 0.6 is 11.6 Å². The van der Waals surface area contributed by atoms with Gasteiger partial charge in [0, 0.05) is 36.2 Å². The van der Waals surface area contributed by atoms with Crippen LogP contribution in [0, 0.1) is 0 Å². The monoisotopic (exact) mass is 384 g/mol. The van der Waals surface area contributed by atoms with Gasteiger partial charge in [-0.3, -0.25) is 4.79 Å². The third kappa shape index (κ3) is 4.23. The van der Waals surface area contributed by atoms with Crippen LogP contribution in [0.3, 0.4) is 0 Å². The molecule has 1 atom stereocenters. The van der Waals surface area contributed by atoms with E-state index < -0.39 is 6.04 Å². The summed E-state index contributed by atoms with van der Waals surface area (Å²) in [6.45, 7) is 1.72. The van der Waals surface area contributed by atoms with Crippen molar-refractivity contribution in [3.05, 3.63) is 70.4 Å². The summed E-state index contributed by atoms with van der Waals surface area (Å²) in [6.07, 6.45) is 0. The highest BCUT2D eigenvalue weighted by Crippen LogP contribution is 2.29. The summed E-state index contributed by atoms with van der Waals surface area (Å²) in [5.74, 6) is -0.288. The molecule has 2 aromatic carbocycles. The Morgan fingerprint density at radius 2 is 1.70 bits per heavy atom. The van der Waals surface area contributed by atoms with E-state index in [-0.39, 0.29) is 11.9 Å². The molecule has 3 amide bonds. The number of benzene rings is 2. The Morgan fingerprint density at radius 1 is 1.07 bits per heavy atom. The zero-order chi connectivity index (χ0) is 19.6. The molecule has 0 saturated carbocycles. The minimum absolute atomic E-state index is 0.288. The summed E-state index contributed by atoms with van der Waals surface area (Å²) in [7, 11) is 3.91. The molecule has 0 saturated heterocycles. The van der Waals surface area contributed by atoms with Crippen molar-refractivity contribution < 1.29 is 9.59 Å². The first-order valence-corrected chi connectivity index (χ1v) is 8.85. The molecule has 7 heteroatoms. The number of rotatable bonds is 4. The fourth-order valence-corrected chi connectivity index (χ4v) is 3.07. The standard InChI is InChI=1S/C20H21ClN4O2/c1-12-17(19(26)23-15-8-6-14(21)7-9-15)18(24-20(27)22-12)13-4-10-16(11-5-13)25(2)3/h4-11,18H,1-3H3,(H,23,26)(H2,22,24,27). The van der Waals surface area contributed by atoms with E-state index in [9.17, 15) is 9.59 Å². The maximum absolute atomic E-state index is 12.9. The normalized spacial score (nSPS) is 16.4. The van der Waals surface area contributed by atoms with Crippen molar-refractivity contribution >= 4 is 34.9 Å². The third-order valence-electron chi connectivity index (χ3n) is 4.36. The summed E-state index contributed by atoms with van der Waals surface area (Å²) < 4.78 is 0. The van der Waals surface area contributed by atoms with E-state index in [0.717, 1.165) is 11.3 Å². The van der Waals surface area contributed by atoms with Gasteiger partial charge in [0.25, 0.3) is 5.91 Å². The molecule has 27 heavy (non-hydrogen) atoms. The fourth-order valence-electron chi connectivity index (χ4n) is 2.94. The molecule has 0 aliphatic carbocycles. The number of carbonyl (C=O) groups excluding carboxylic acids is 2. The van der Waals surface area contributed by atoms with E-state index in [1.807, 2.05) is 43.3 Å². The maximum Gasteiger partial charge on any atom is 0.319 e. The fraction of sp³-hybridized carbons (Fsp3) is 0.200. The molecule has 3 N–H and O–H groups in total. The number of hydrogen-bond donors (Lipinski definition) is 3. The Labute approximate surface area is 163 Å². The van der Waals surface area contributed by atoms with Gasteiger partial charge >= 0.3 is 6.03 Å². The minimum atomic E-state index is -0.540. The molecule has 1 aliphatic rings. The van der Waals surface area contributed by atoms with Crippen molar-refractivity contribution in [2.45, 2.75) is 13.0 Å². The topological polar surface area (TPSA) is 73.5 Å². The van der Waals surface area contributed by atoms with Crippen LogP contribution in [-0.4, -0.2) is 26.0 Å². The van der Waals surface area contributed by atoms with E-state index in [1.54, 1.807) is 31.2 Å². The quantitative estimate of drug-likeness (QED) is 0.753. The second-order valence-corrected chi connectivity index (χ2v) is 6.95. The number of carbonyl (C=O) groups is 2. The van der Waals surface area contributed by atoms with Crippen LogP contribution in [0.1, 0.15) is 18.5 Å². The molecular weight excluding hydrogens is 364 g/mol. The van der Waals surface area contributed by atoms with E-state index in [2.05, 4.69) is 16.0 Å². The van der Waals surface area contributed by atoms with Crippen LogP contribution < -0.4 is 20.9 Å². The SMILES string of the molecule is CC1=C(C(=O)Nc2ccc(Cl)cc2)C(c2ccc(N(C)C)cc2)NC(=O)N1. The largest absolute Gasteiger partial charge is 0.378 e. The first-order chi connectivity index (χ1) is 12.8. The van der Waals surface area contributed by atoms with Gasteiger partial charge in [-0.15, -0.1) is 0 Å². The van der Waals surface area contributed by atoms with Gasteiger partial charge in [-0.1, -0.05) is 23.7 Å². The minimum Gasteiger partial charge on any atom is -0.378 e. The van der Waals surface area contributed by atoms with Gasteiger partial charge in [0.2, 0.25) is 0 Å². The molecule has 0 bridgehead atoms. The highest BCUT2D eigenvalue weighted by molar-refractivity contribution is 6.30. The lowest BCUT2D eigenvalue weighted by Gasteiger charge is -2.29. The maximum atomic E-state index is 12.9. The van der Waals surface area contributed by atoms with E-state index in [0.29, 0.717) is 22.0 Å². The third-order valence-corrected chi connectivity index (χ3v) is 4.61. The highest BCUT2D eigenvalue weighted by atomic mass is 35.5. The first kappa shape index (κ1) is 18.8. The van der Waals surface area contributed by atoms with Crippen molar-refractivity contribution in [3.8, 4) is 0 Å². The van der Waals surface area contributed by atoms with Crippen molar-refractivity contribution in [1.29, 1.82) is 0 Å². The molecule has 0 aromatic heterocycles. The van der Waals surface area contributed by atoms with Crippen molar-refractivity contribution in [2.75, 3.05) is 24.3 Å². The molecule has 6 nitrogen and oxygen atoms in total. The molecule has 0 radical (unpaired) electrons. The average molecular weight is 385 g/mol. The summed E-state index contributed by atoms with van der Waals surface area (Å²) in [6, 6.07) is 13.7. The van der Waals surface area contributed by atoms with Gasteiger partial charge in [0.05, 0.1) is 11.6 Å². The number of nitrogens with zero attached hydrogens (tertiary/aromatic N) is 1. The van der Waals surface area contributed by atoms with Crippen LogP contribution in [0.25, 0.3) is 0 Å². The van der Waals surface area contributed by atoms with Gasteiger partial charge < -0.3 is 20.9 Å². The first-order valence-electron chi connectivity index (χ1n) is 8.47. The van der Waals surface area contributed by atoms with Crippen LogP contribution in [0.2, 0.25) is 5.02 Å². The number of hydrogen-bond acceptors (Lipinski definition) is 3. The summed E-state index contributed by atoms with van der Waals surface area (Å²) in [5.41, 5.74) is 3.47. The lowest BCUT2D eigenvalue weighted by atomic mass is 9.94. The molecule has 0 fully saturated rings. The van der Waals surface area contributed by atoms with E-state index in [4.69, 9.17) is 11.6 Å².